The van der Waals surface area contributed by atoms with Crippen molar-refractivity contribution >= 4 is 35.5 Å². The number of hydrogen-bond acceptors (Lipinski definition) is 2. The fourth-order valence-electron chi connectivity index (χ4n) is 1.39. The molecule has 0 bridgehead atoms. The van der Waals surface area contributed by atoms with Crippen molar-refractivity contribution in [3.05, 3.63) is 0 Å². The van der Waals surface area contributed by atoms with Crippen molar-refractivity contribution in [2.75, 3.05) is 6.54 Å². The van der Waals surface area contributed by atoms with Gasteiger partial charge in [0.2, 0.25) is 0 Å². The van der Waals surface area contributed by atoms with Gasteiger partial charge in [-0.2, -0.15) is 0 Å². The molecule has 15 heavy (non-hydrogen) atoms. The number of hydrogen-bond donors (Lipinski definition) is 2. The SMILES string of the molecule is CCCCCNC(CC(C)C)C(=O)O.[NaH]. The van der Waals surface area contributed by atoms with Crippen molar-refractivity contribution in [2.45, 2.75) is 52.5 Å². The van der Waals surface area contributed by atoms with E-state index in [2.05, 4.69) is 12.2 Å². The van der Waals surface area contributed by atoms with E-state index in [0.717, 1.165) is 13.0 Å². The fraction of sp³-hybridized carbons (Fsp3) is 0.909. The summed E-state index contributed by atoms with van der Waals surface area (Å²) in [6.07, 6.45) is 4.12. The Hall–Kier alpha value is 0.430. The van der Waals surface area contributed by atoms with Gasteiger partial charge in [0.05, 0.1) is 0 Å². The van der Waals surface area contributed by atoms with Crippen LogP contribution in [0.25, 0.3) is 0 Å². The number of nitrogens with one attached hydrogen (secondary N) is 1. The quantitative estimate of drug-likeness (QED) is 0.487. The summed E-state index contributed by atoms with van der Waals surface area (Å²) in [7, 11) is 0. The molecule has 0 saturated carbocycles. The molecule has 0 radical (unpaired) electrons. The monoisotopic (exact) mass is 225 g/mol. The molecular weight excluding hydrogens is 201 g/mol. The molecule has 0 aliphatic rings. The molecule has 0 aromatic rings. The van der Waals surface area contributed by atoms with Gasteiger partial charge in [-0.15, -0.1) is 0 Å². The summed E-state index contributed by atoms with van der Waals surface area (Å²) in [4.78, 5) is 10.8. The summed E-state index contributed by atoms with van der Waals surface area (Å²) in [6, 6.07) is -0.369. The van der Waals surface area contributed by atoms with Crippen LogP contribution in [0.2, 0.25) is 0 Å². The zero-order valence-electron chi connectivity index (χ0n) is 9.55. The third kappa shape index (κ3) is 10.7. The first-order valence-corrected chi connectivity index (χ1v) is 5.54. The average molecular weight is 225 g/mol. The van der Waals surface area contributed by atoms with E-state index in [9.17, 15) is 4.79 Å². The molecular formula is C11H24NNaO2. The van der Waals surface area contributed by atoms with Gasteiger partial charge >= 0.3 is 35.5 Å². The Bertz CT molecular complexity index is 163. The van der Waals surface area contributed by atoms with Gasteiger partial charge in [-0.1, -0.05) is 33.6 Å². The third-order valence-corrected chi connectivity index (χ3v) is 2.18. The molecule has 0 heterocycles. The summed E-state index contributed by atoms with van der Waals surface area (Å²) < 4.78 is 0. The number of carbonyl (C=O) groups is 1. The van der Waals surface area contributed by atoms with Gasteiger partial charge in [0.1, 0.15) is 6.04 Å². The molecule has 0 amide bonds. The van der Waals surface area contributed by atoms with E-state index in [-0.39, 0.29) is 35.6 Å². The first-order chi connectivity index (χ1) is 6.57. The van der Waals surface area contributed by atoms with E-state index in [1.807, 2.05) is 13.8 Å². The van der Waals surface area contributed by atoms with Gasteiger partial charge in [0.15, 0.2) is 0 Å². The number of carboxylic acids is 1. The molecule has 0 rings (SSSR count). The molecule has 2 N–H and O–H groups in total. The van der Waals surface area contributed by atoms with Crippen LogP contribution >= 0.6 is 0 Å². The molecule has 0 saturated heterocycles. The first-order valence-electron chi connectivity index (χ1n) is 5.54. The van der Waals surface area contributed by atoms with Gasteiger partial charge in [-0.3, -0.25) is 4.79 Å². The summed E-state index contributed by atoms with van der Waals surface area (Å²) in [5.41, 5.74) is 0. The zero-order chi connectivity index (χ0) is 11.0. The molecule has 3 nitrogen and oxygen atoms in total. The Morgan fingerprint density at radius 1 is 1.33 bits per heavy atom. The van der Waals surface area contributed by atoms with Gasteiger partial charge < -0.3 is 10.4 Å². The molecule has 1 atom stereocenters. The Morgan fingerprint density at radius 3 is 2.33 bits per heavy atom. The number of aliphatic carboxylic acids is 1. The van der Waals surface area contributed by atoms with Gasteiger partial charge in [-0.25, -0.2) is 0 Å². The molecule has 0 aliphatic carbocycles. The second-order valence-electron chi connectivity index (χ2n) is 4.18. The number of rotatable bonds is 8. The fourth-order valence-corrected chi connectivity index (χ4v) is 1.39. The second-order valence-corrected chi connectivity index (χ2v) is 4.18. The van der Waals surface area contributed by atoms with Gasteiger partial charge in [0, 0.05) is 0 Å². The molecule has 0 aromatic carbocycles. The average Bonchev–Trinajstić information content (AvgIpc) is 2.09. The predicted molar refractivity (Wildman–Crippen MR) is 65.6 cm³/mol. The van der Waals surface area contributed by atoms with Crippen LogP contribution in [-0.4, -0.2) is 53.2 Å². The Morgan fingerprint density at radius 2 is 1.93 bits per heavy atom. The van der Waals surface area contributed by atoms with Crippen molar-refractivity contribution in [1.82, 2.24) is 5.32 Å². The van der Waals surface area contributed by atoms with E-state index < -0.39 is 5.97 Å². The van der Waals surface area contributed by atoms with Crippen LogP contribution in [0.15, 0.2) is 0 Å². The molecule has 1 unspecified atom stereocenters. The van der Waals surface area contributed by atoms with Gasteiger partial charge in [-0.05, 0) is 25.3 Å². The van der Waals surface area contributed by atoms with E-state index in [0.29, 0.717) is 12.3 Å². The number of unbranched alkanes of at least 4 members (excludes halogenated alkanes) is 2. The van der Waals surface area contributed by atoms with E-state index in [1.54, 1.807) is 0 Å². The van der Waals surface area contributed by atoms with E-state index in [1.165, 1.54) is 12.8 Å². The topological polar surface area (TPSA) is 49.3 Å². The van der Waals surface area contributed by atoms with E-state index >= 15 is 0 Å². The van der Waals surface area contributed by atoms with Crippen LogP contribution in [0, 0.1) is 5.92 Å². The molecule has 86 valence electrons. The summed E-state index contributed by atoms with van der Waals surface area (Å²) >= 11 is 0. The maximum absolute atomic E-state index is 10.8. The van der Waals surface area contributed by atoms with Crippen LogP contribution < -0.4 is 5.32 Å². The maximum atomic E-state index is 10.8. The van der Waals surface area contributed by atoms with Crippen molar-refractivity contribution in [3.63, 3.8) is 0 Å². The molecule has 4 heteroatoms. The molecule has 0 spiro atoms. The first kappa shape index (κ1) is 17.8. The second kappa shape index (κ2) is 10.9. The Balaban J connectivity index is 0. The van der Waals surface area contributed by atoms with Crippen LogP contribution in [0.5, 0.6) is 0 Å². The molecule has 0 aromatic heterocycles. The van der Waals surface area contributed by atoms with Gasteiger partial charge in [0.25, 0.3) is 0 Å². The standard InChI is InChI=1S/C11H23NO2.Na.H/c1-4-5-6-7-12-10(11(13)14)8-9(2)3;;/h9-10,12H,4-8H2,1-3H3,(H,13,14);;. The van der Waals surface area contributed by atoms with Crippen molar-refractivity contribution in [3.8, 4) is 0 Å². The van der Waals surface area contributed by atoms with Crippen LogP contribution in [-0.2, 0) is 4.79 Å². The molecule has 0 aliphatic heterocycles. The van der Waals surface area contributed by atoms with Crippen LogP contribution in [0.4, 0.5) is 0 Å². The zero-order valence-corrected chi connectivity index (χ0v) is 9.55. The van der Waals surface area contributed by atoms with Crippen LogP contribution in [0.3, 0.4) is 0 Å². The third-order valence-electron chi connectivity index (χ3n) is 2.18. The molecule has 0 fully saturated rings. The Kier molecular flexibility index (Phi) is 13.0. The van der Waals surface area contributed by atoms with Crippen molar-refractivity contribution < 1.29 is 9.90 Å². The minimum atomic E-state index is -0.727. The van der Waals surface area contributed by atoms with Crippen LogP contribution in [0.1, 0.15) is 46.5 Å². The minimum absolute atomic E-state index is 0. The normalized spacial score (nSPS) is 12.3. The number of carboxylic acid groups (broad SMARTS) is 1. The summed E-state index contributed by atoms with van der Waals surface area (Å²) in [5, 5.41) is 12.0. The Labute approximate surface area is 115 Å². The predicted octanol–water partition coefficient (Wildman–Crippen LogP) is 1.62. The summed E-state index contributed by atoms with van der Waals surface area (Å²) in [6.45, 7) is 7.05. The summed E-state index contributed by atoms with van der Waals surface area (Å²) in [5.74, 6) is -0.301. The van der Waals surface area contributed by atoms with Crippen molar-refractivity contribution in [1.29, 1.82) is 0 Å². The van der Waals surface area contributed by atoms with E-state index in [4.69, 9.17) is 5.11 Å². The van der Waals surface area contributed by atoms with Crippen molar-refractivity contribution in [2.24, 2.45) is 5.92 Å².